The third kappa shape index (κ3) is 34.9. The summed E-state index contributed by atoms with van der Waals surface area (Å²) < 4.78 is 0. The Morgan fingerprint density at radius 2 is 0.327 bits per heavy atom. The van der Waals surface area contributed by atoms with E-state index in [0.717, 1.165) is 0 Å². The first kappa shape index (κ1) is 84.0. The number of hydrogen-bond donors (Lipinski definition) is 0. The average molecular weight is 6110 g/mol. The number of rotatable bonds is 23. The first-order valence-corrected chi connectivity index (χ1v) is 305. The minimum atomic E-state index is -0.571. The third-order valence-corrected chi connectivity index (χ3v) is 3670. The Bertz CT molecular complexity index is 863. The molecule has 0 bridgehead atoms. The molecule has 0 N–H and O–H groups in total. The first-order valence-electron chi connectivity index (χ1n) is 7.09. The summed E-state index contributed by atoms with van der Waals surface area (Å²) in [5, 5.41) is 0. The minimum absolute atomic E-state index is 0.382. The van der Waals surface area contributed by atoms with E-state index in [1.54, 1.807) is 0 Å². The molecule has 49 heavy (non-hydrogen) atoms. The van der Waals surface area contributed by atoms with Gasteiger partial charge < -0.3 is 0 Å². The molecule has 0 nitrogen and oxygen atoms in total. The molecule has 48 heteroatoms. The molecule has 0 heterocycles. The summed E-state index contributed by atoms with van der Waals surface area (Å²) in [6.45, 7) is 0. The van der Waals surface area contributed by atoms with E-state index >= 15 is 0 Å². The van der Waals surface area contributed by atoms with Gasteiger partial charge in [0.25, 0.3) is 0 Å². The van der Waals surface area contributed by atoms with Crippen molar-refractivity contribution >= 4 is 628 Å². The summed E-state index contributed by atoms with van der Waals surface area (Å²) in [5.41, 5.74) is 0. The zero-order chi connectivity index (χ0) is 39.0. The van der Waals surface area contributed by atoms with Crippen LogP contribution >= 0.6 is 628 Å². The van der Waals surface area contributed by atoms with E-state index in [1.165, 1.54) is 0 Å². The molecule has 0 atom stereocenters. The Morgan fingerprint density at radius 3 is 0.449 bits per heavy atom. The fourth-order valence-electron chi connectivity index (χ4n) is 0.689. The van der Waals surface area contributed by atoms with Gasteiger partial charge in [-0.2, -0.15) is 0 Å². The van der Waals surface area contributed by atoms with E-state index in [0.29, 0.717) is 17.2 Å². The van der Waals surface area contributed by atoms with Gasteiger partial charge in [-0.1, -0.05) is 0 Å². The molecule has 0 aliphatic carbocycles. The molecule has 0 fully saturated rings. The molecule has 0 aromatic heterocycles. The van der Waals surface area contributed by atoms with Crippen LogP contribution < -0.4 is 17.2 Å². The number of halogens is 48. The SMILES string of the molecule is C[I-]I(I)I(I)I(I)I(I)I(I)I(I)I(I)I(I)I(I)I(I)I(I)I(I)I(I)I(I)I(I)I(I)I(I)I(I)I(I)I(I)I(I)I(I)I(I)I. The molecule has 0 radical (unpaired) electrons. The van der Waals surface area contributed by atoms with Crippen molar-refractivity contribution in [1.82, 2.24) is 0 Å². The molecule has 0 amide bonds. The molecular formula is CH3I48-. The van der Waals surface area contributed by atoms with E-state index in [1.807, 2.05) is 0 Å². The zero-order valence-electron chi connectivity index (χ0n) is 19.1. The topological polar surface area (TPSA) is 0 Å². The predicted octanol–water partition coefficient (Wildman–Crippen LogP) is 38.8. The van der Waals surface area contributed by atoms with E-state index in [4.69, 9.17) is 0 Å². The summed E-state index contributed by atoms with van der Waals surface area (Å²) in [6, 6.07) is 0. The fraction of sp³-hybridized carbons (Fsp3) is 1.00. The third-order valence-electron chi connectivity index (χ3n) is 1.90. The van der Waals surface area contributed by atoms with Gasteiger partial charge in [0.1, 0.15) is 0 Å². The van der Waals surface area contributed by atoms with Crippen LogP contribution in [0, 0.1) is 0 Å². The normalized spacial score (nSPS) is 18.8. The van der Waals surface area contributed by atoms with Crippen LogP contribution in [0.5, 0.6) is 0 Å². The Morgan fingerprint density at radius 1 is 0.204 bits per heavy atom. The van der Waals surface area contributed by atoms with Crippen molar-refractivity contribution in [2.75, 3.05) is 4.93 Å². The van der Waals surface area contributed by atoms with Crippen molar-refractivity contribution in [3.8, 4) is 0 Å². The molecule has 0 aromatic rings. The van der Waals surface area contributed by atoms with Crippen LogP contribution in [0.4, 0.5) is 0 Å². The Labute approximate surface area is 612 Å². The fourth-order valence-corrected chi connectivity index (χ4v) is 8880. The van der Waals surface area contributed by atoms with E-state index in [-0.39, 0.29) is 7.89 Å². The second-order valence-electron chi connectivity index (χ2n) is 3.87. The molecule has 344 valence electrons. The Hall–Kier alpha value is 35.0. The van der Waals surface area contributed by atoms with Gasteiger partial charge in [0.05, 0.1) is 0 Å². The van der Waals surface area contributed by atoms with Gasteiger partial charge >= 0.3 is 651 Å². The van der Waals surface area contributed by atoms with Crippen LogP contribution in [0.2, 0.25) is 0 Å². The van der Waals surface area contributed by atoms with Crippen LogP contribution in [0.15, 0.2) is 0 Å². The van der Waals surface area contributed by atoms with Crippen molar-refractivity contribution in [2.45, 2.75) is 0 Å². The summed E-state index contributed by atoms with van der Waals surface area (Å²) in [7, 11) is -12.0. The molecular weight excluding hydrogens is 6100 g/mol. The van der Waals surface area contributed by atoms with Crippen molar-refractivity contribution in [2.24, 2.45) is 0 Å². The molecule has 0 aliphatic heterocycles. The average Bonchev–Trinajstić information content (AvgIpc) is 3.10. The summed E-state index contributed by atoms with van der Waals surface area (Å²) >= 11 is 79.5. The first-order chi connectivity index (χ1) is 22.3. The molecule has 0 unspecified atom stereocenters. The second kappa shape index (κ2) is 50.7. The monoisotopic (exact) mass is 6110 g/mol. The summed E-state index contributed by atoms with van der Waals surface area (Å²) in [6.07, 6.45) is 0. The molecule has 0 spiro atoms. The standard InChI is InChI=1S/CH3I48/c1-26-28(4)30(6)32(8)34(10)36(12)38(14)40(16)42(18)44(20)46(22)48(24)49(25)47(23)45(21)43(19)41(17)39(15)37(13)35(11)33(9)31(7)29(5)27(2)3/h1H3/q-1. The van der Waals surface area contributed by atoms with Crippen molar-refractivity contribution in [3.63, 3.8) is 0 Å². The molecule has 0 aliphatic rings. The van der Waals surface area contributed by atoms with Gasteiger partial charge in [-0.25, -0.2) is 0 Å². The van der Waals surface area contributed by atoms with Crippen LogP contribution in [0.1, 0.15) is 0 Å². The van der Waals surface area contributed by atoms with Crippen LogP contribution in [0.25, 0.3) is 0 Å². The van der Waals surface area contributed by atoms with Crippen LogP contribution in [0.3, 0.4) is 0 Å². The zero-order valence-corrected chi connectivity index (χ0v) is 123. The maximum atomic E-state index is 3.39. The Kier molecular flexibility index (Phi) is 86.9. The maximum absolute atomic E-state index is 3.39. The van der Waals surface area contributed by atoms with Crippen molar-refractivity contribution in [3.05, 3.63) is 0 Å². The number of hydrogen-bond acceptors (Lipinski definition) is 0. The van der Waals surface area contributed by atoms with Gasteiger partial charge in [-0.05, 0) is 0 Å². The Balaban J connectivity index is 5.54. The molecule has 0 saturated carbocycles. The van der Waals surface area contributed by atoms with Crippen molar-refractivity contribution < 1.29 is 17.2 Å². The quantitative estimate of drug-likeness (QED) is 0.0707. The van der Waals surface area contributed by atoms with Gasteiger partial charge in [0, 0.05) is 0 Å². The summed E-state index contributed by atoms with van der Waals surface area (Å²) in [5.74, 6) is 0. The van der Waals surface area contributed by atoms with E-state index in [9.17, 15) is 0 Å². The molecule has 0 aromatic carbocycles. The van der Waals surface area contributed by atoms with E-state index in [2.05, 4.69) is 452 Å². The van der Waals surface area contributed by atoms with Gasteiger partial charge in [0.15, 0.2) is 0 Å². The second-order valence-corrected chi connectivity index (χ2v) is 1130. The predicted molar refractivity (Wildman–Crippen MR) is 665 cm³/mol. The van der Waals surface area contributed by atoms with Crippen LogP contribution in [-0.2, 0) is 0 Å². The number of alkyl halides is 1. The molecule has 0 rings (SSSR count). The van der Waals surface area contributed by atoms with Gasteiger partial charge in [-0.3, -0.25) is 0 Å². The molecule has 0 saturated heterocycles. The van der Waals surface area contributed by atoms with Gasteiger partial charge in [-0.15, -0.1) is 0 Å². The van der Waals surface area contributed by atoms with Crippen molar-refractivity contribution in [1.29, 1.82) is 0 Å². The van der Waals surface area contributed by atoms with Gasteiger partial charge in [0.2, 0.25) is 0 Å². The van der Waals surface area contributed by atoms with E-state index < -0.39 is 174 Å². The van der Waals surface area contributed by atoms with Crippen LogP contribution in [-0.4, -0.2) is 4.93 Å². The summed E-state index contributed by atoms with van der Waals surface area (Å²) in [4.78, 5) is 2.67.